The normalized spacial score (nSPS) is 23.6. The molecule has 0 aromatic heterocycles. The molecule has 1 fully saturated rings. The number of ketones is 1. The van der Waals surface area contributed by atoms with Crippen LogP contribution in [0, 0.1) is 11.3 Å². The zero-order valence-electron chi connectivity index (χ0n) is 13.7. The molecule has 1 aromatic rings. The van der Waals surface area contributed by atoms with Crippen molar-refractivity contribution in [1.29, 1.82) is 5.26 Å². The largest absolute Gasteiger partial charge is 0.493 e. The molecule has 0 bridgehead atoms. The number of hydrogen-bond donors (Lipinski definition) is 0. The van der Waals surface area contributed by atoms with Crippen LogP contribution in [-0.2, 0) is 4.79 Å². The van der Waals surface area contributed by atoms with Crippen molar-refractivity contribution in [3.8, 4) is 17.6 Å². The molecule has 0 spiro atoms. The molecule has 3 rings (SSSR count). The average molecular weight is 314 g/mol. The van der Waals surface area contributed by atoms with Gasteiger partial charge in [0.25, 0.3) is 0 Å². The van der Waals surface area contributed by atoms with Crippen LogP contribution in [0.25, 0.3) is 0 Å². The van der Waals surface area contributed by atoms with E-state index in [0.717, 1.165) is 25.1 Å². The highest BCUT2D eigenvalue weighted by Gasteiger charge is 2.37. The lowest BCUT2D eigenvalue weighted by molar-refractivity contribution is -0.123. The van der Waals surface area contributed by atoms with Crippen LogP contribution in [0.3, 0.4) is 0 Å². The number of carbonyl (C=O) groups is 1. The van der Waals surface area contributed by atoms with Crippen LogP contribution in [0.4, 0.5) is 0 Å². The second-order valence-corrected chi connectivity index (χ2v) is 6.23. The van der Waals surface area contributed by atoms with Gasteiger partial charge in [-0.1, -0.05) is 0 Å². The molecule has 2 atom stereocenters. The summed E-state index contributed by atoms with van der Waals surface area (Å²) in [5.74, 6) is 2.03. The Balaban J connectivity index is 2.05. The zero-order valence-corrected chi connectivity index (χ0v) is 13.7. The Labute approximate surface area is 136 Å². The zero-order chi connectivity index (χ0) is 16.4. The second-order valence-electron chi connectivity index (χ2n) is 6.23. The van der Waals surface area contributed by atoms with E-state index >= 15 is 0 Å². The van der Waals surface area contributed by atoms with Crippen LogP contribution in [0.5, 0.6) is 11.5 Å². The third-order valence-electron chi connectivity index (χ3n) is 4.99. The highest BCUT2D eigenvalue weighted by atomic mass is 16.5. The van der Waals surface area contributed by atoms with Gasteiger partial charge in [0.1, 0.15) is 5.78 Å². The van der Waals surface area contributed by atoms with E-state index in [-0.39, 0.29) is 6.04 Å². The highest BCUT2D eigenvalue weighted by molar-refractivity contribution is 5.80. The van der Waals surface area contributed by atoms with Gasteiger partial charge in [0.2, 0.25) is 0 Å². The first-order chi connectivity index (χ1) is 11.2. The number of carbonyl (C=O) groups excluding carboxylic acids is 1. The Morgan fingerprint density at radius 2 is 1.96 bits per heavy atom. The van der Waals surface area contributed by atoms with Gasteiger partial charge in [-0.15, -0.1) is 0 Å². The Kier molecular flexibility index (Phi) is 4.53. The molecule has 2 heterocycles. The van der Waals surface area contributed by atoms with E-state index in [1.54, 1.807) is 14.2 Å². The molecule has 122 valence electrons. The van der Waals surface area contributed by atoms with Crippen molar-refractivity contribution in [1.82, 2.24) is 4.90 Å². The first-order valence-electron chi connectivity index (χ1n) is 8.06. The van der Waals surface area contributed by atoms with E-state index < -0.39 is 0 Å². The molecular formula is C18H22N2O3. The average Bonchev–Trinajstić information content (AvgIpc) is 2.58. The van der Waals surface area contributed by atoms with E-state index in [9.17, 15) is 4.79 Å². The van der Waals surface area contributed by atoms with Crippen LogP contribution in [-0.4, -0.2) is 38.0 Å². The summed E-state index contributed by atoms with van der Waals surface area (Å²) in [5.41, 5.74) is 2.36. The number of hydrogen-bond acceptors (Lipinski definition) is 5. The van der Waals surface area contributed by atoms with Crippen molar-refractivity contribution in [3.05, 3.63) is 23.3 Å². The summed E-state index contributed by atoms with van der Waals surface area (Å²) in [4.78, 5) is 14.3. The number of fused-ring (bicyclic) bond motifs is 3. The van der Waals surface area contributed by atoms with Crippen molar-refractivity contribution in [2.24, 2.45) is 0 Å². The van der Waals surface area contributed by atoms with Crippen molar-refractivity contribution < 1.29 is 14.3 Å². The van der Waals surface area contributed by atoms with E-state index in [2.05, 4.69) is 11.0 Å². The molecule has 23 heavy (non-hydrogen) atoms. The first kappa shape index (κ1) is 15.8. The fourth-order valence-electron chi connectivity index (χ4n) is 3.82. The Hall–Kier alpha value is -2.06. The predicted octanol–water partition coefficient (Wildman–Crippen LogP) is 2.81. The molecule has 0 aliphatic carbocycles. The fraction of sp³-hybridized carbons (Fsp3) is 0.556. The van der Waals surface area contributed by atoms with Crippen LogP contribution < -0.4 is 9.47 Å². The van der Waals surface area contributed by atoms with Gasteiger partial charge in [0, 0.05) is 38.4 Å². The SMILES string of the molecule is COc1cc2c(cc1OC)C1CC(=O)CCN1CC2CCC#N. The predicted molar refractivity (Wildman–Crippen MR) is 85.7 cm³/mol. The number of rotatable bonds is 4. The molecule has 0 saturated carbocycles. The second kappa shape index (κ2) is 6.59. The lowest BCUT2D eigenvalue weighted by Crippen LogP contribution is -2.43. The molecule has 0 amide bonds. The molecule has 0 N–H and O–H groups in total. The van der Waals surface area contributed by atoms with E-state index in [0.29, 0.717) is 42.5 Å². The van der Waals surface area contributed by atoms with Gasteiger partial charge < -0.3 is 9.47 Å². The number of ether oxygens (including phenoxy) is 2. The summed E-state index contributed by atoms with van der Waals surface area (Å²) in [7, 11) is 3.26. The summed E-state index contributed by atoms with van der Waals surface area (Å²) in [6, 6.07) is 6.43. The molecule has 1 saturated heterocycles. The minimum Gasteiger partial charge on any atom is -0.493 e. The third kappa shape index (κ3) is 2.91. The van der Waals surface area contributed by atoms with Gasteiger partial charge in [-0.2, -0.15) is 5.26 Å². The topological polar surface area (TPSA) is 62.6 Å². The maximum absolute atomic E-state index is 11.9. The van der Waals surface area contributed by atoms with Crippen molar-refractivity contribution >= 4 is 5.78 Å². The summed E-state index contributed by atoms with van der Waals surface area (Å²) in [6.07, 6.45) is 2.56. The quantitative estimate of drug-likeness (QED) is 0.855. The lowest BCUT2D eigenvalue weighted by Gasteiger charge is -2.43. The van der Waals surface area contributed by atoms with Crippen molar-refractivity contribution in [2.75, 3.05) is 27.3 Å². The molecule has 5 nitrogen and oxygen atoms in total. The highest BCUT2D eigenvalue weighted by Crippen LogP contribution is 2.45. The van der Waals surface area contributed by atoms with Crippen LogP contribution >= 0.6 is 0 Å². The van der Waals surface area contributed by atoms with Crippen LogP contribution in [0.2, 0.25) is 0 Å². The molecule has 2 aliphatic rings. The van der Waals surface area contributed by atoms with Gasteiger partial charge in [0.05, 0.1) is 20.3 Å². The standard InChI is InChI=1S/C18H22N2O3/c1-22-17-9-14-12(4-3-6-19)11-20-7-5-13(21)8-16(20)15(14)10-18(17)23-2/h9-10,12,16H,3-5,7-8,11H2,1-2H3. The lowest BCUT2D eigenvalue weighted by atomic mass is 9.79. The summed E-state index contributed by atoms with van der Waals surface area (Å²) in [6.45, 7) is 1.71. The maximum atomic E-state index is 11.9. The first-order valence-corrected chi connectivity index (χ1v) is 8.06. The maximum Gasteiger partial charge on any atom is 0.161 e. The van der Waals surface area contributed by atoms with Crippen LogP contribution in [0.15, 0.2) is 12.1 Å². The molecule has 2 aliphatic heterocycles. The third-order valence-corrected chi connectivity index (χ3v) is 4.99. The van der Waals surface area contributed by atoms with E-state index in [1.165, 1.54) is 5.56 Å². The van der Waals surface area contributed by atoms with Gasteiger partial charge in [-0.05, 0) is 35.6 Å². The van der Waals surface area contributed by atoms with E-state index in [1.807, 2.05) is 12.1 Å². The minimum atomic E-state index is 0.129. The minimum absolute atomic E-state index is 0.129. The van der Waals surface area contributed by atoms with Gasteiger partial charge in [-0.25, -0.2) is 0 Å². The van der Waals surface area contributed by atoms with Gasteiger partial charge in [0.15, 0.2) is 11.5 Å². The number of benzene rings is 1. The number of piperidine rings is 1. The monoisotopic (exact) mass is 314 g/mol. The number of nitriles is 1. The molecule has 1 aromatic carbocycles. The van der Waals surface area contributed by atoms with Crippen LogP contribution in [0.1, 0.15) is 48.8 Å². The molecule has 5 heteroatoms. The smallest absolute Gasteiger partial charge is 0.161 e. The summed E-state index contributed by atoms with van der Waals surface area (Å²) >= 11 is 0. The fourth-order valence-corrected chi connectivity index (χ4v) is 3.82. The van der Waals surface area contributed by atoms with E-state index in [4.69, 9.17) is 14.7 Å². The Morgan fingerprint density at radius 3 is 2.61 bits per heavy atom. The number of Topliss-reactive ketones (excluding diaryl/α,β-unsaturated/α-hetero) is 1. The molecular weight excluding hydrogens is 292 g/mol. The summed E-state index contributed by atoms with van der Waals surface area (Å²) < 4.78 is 10.9. The number of nitrogens with zero attached hydrogens (tertiary/aromatic N) is 2. The Morgan fingerprint density at radius 1 is 1.26 bits per heavy atom. The van der Waals surface area contributed by atoms with Crippen molar-refractivity contribution in [3.63, 3.8) is 0 Å². The van der Waals surface area contributed by atoms with Gasteiger partial charge in [-0.3, -0.25) is 9.69 Å². The number of methoxy groups -OCH3 is 2. The summed E-state index contributed by atoms with van der Waals surface area (Å²) in [5, 5.41) is 8.94. The Bertz CT molecular complexity index is 650. The molecule has 0 radical (unpaired) electrons. The van der Waals surface area contributed by atoms with Gasteiger partial charge >= 0.3 is 0 Å². The molecule has 2 unspecified atom stereocenters. The van der Waals surface area contributed by atoms with Crippen molar-refractivity contribution in [2.45, 2.75) is 37.6 Å².